The lowest BCUT2D eigenvalue weighted by atomic mass is 9.77. The van der Waals surface area contributed by atoms with Crippen LogP contribution in [0.1, 0.15) is 123 Å². The standard InChI is InChI=1S/C26H44O3/c1-9-10-11-12-13-14-15-16-29-24(28)19(2)20-17-21(25(3,4)5)23(27)22(18-20)26(6,7)8/h17-19,27H,9-16H2,1-8H3. The van der Waals surface area contributed by atoms with Crippen LogP contribution in [-0.2, 0) is 20.4 Å². The molecule has 0 spiro atoms. The van der Waals surface area contributed by atoms with Crippen molar-refractivity contribution < 1.29 is 14.6 Å². The third kappa shape index (κ3) is 8.03. The Balaban J connectivity index is 2.80. The second kappa shape index (κ2) is 11.0. The van der Waals surface area contributed by atoms with Crippen molar-refractivity contribution in [3.63, 3.8) is 0 Å². The highest BCUT2D eigenvalue weighted by molar-refractivity contribution is 5.78. The van der Waals surface area contributed by atoms with Crippen molar-refractivity contribution >= 4 is 5.97 Å². The van der Waals surface area contributed by atoms with E-state index < -0.39 is 0 Å². The van der Waals surface area contributed by atoms with Crippen LogP contribution in [0.2, 0.25) is 0 Å². The third-order valence-corrected chi connectivity index (χ3v) is 5.59. The van der Waals surface area contributed by atoms with Crippen molar-refractivity contribution in [2.24, 2.45) is 0 Å². The van der Waals surface area contributed by atoms with Gasteiger partial charge in [-0.25, -0.2) is 0 Å². The summed E-state index contributed by atoms with van der Waals surface area (Å²) >= 11 is 0. The first-order valence-corrected chi connectivity index (χ1v) is 11.4. The minimum absolute atomic E-state index is 0.179. The SMILES string of the molecule is CCCCCCCCCOC(=O)C(C)c1cc(C(C)(C)C)c(O)c(C(C)(C)C)c1. The lowest BCUT2D eigenvalue weighted by molar-refractivity contribution is -0.145. The second-order valence-electron chi connectivity index (χ2n) is 10.5. The molecule has 0 fully saturated rings. The van der Waals surface area contributed by atoms with Crippen LogP contribution < -0.4 is 0 Å². The number of carbonyl (C=O) groups excluding carboxylic acids is 1. The van der Waals surface area contributed by atoms with E-state index >= 15 is 0 Å². The van der Waals surface area contributed by atoms with Crippen LogP contribution in [0.3, 0.4) is 0 Å². The minimum Gasteiger partial charge on any atom is -0.507 e. The molecular weight excluding hydrogens is 360 g/mol. The predicted octanol–water partition coefficient (Wildman–Crippen LogP) is 7.38. The molecule has 0 aliphatic carbocycles. The highest BCUT2D eigenvalue weighted by Crippen LogP contribution is 2.41. The fourth-order valence-electron chi connectivity index (χ4n) is 3.54. The molecule has 1 unspecified atom stereocenters. The minimum atomic E-state index is -0.345. The summed E-state index contributed by atoms with van der Waals surface area (Å²) in [4.78, 5) is 12.6. The zero-order valence-corrected chi connectivity index (χ0v) is 20.2. The molecular formula is C26H44O3. The van der Waals surface area contributed by atoms with E-state index in [0.717, 1.165) is 29.5 Å². The molecule has 0 saturated heterocycles. The van der Waals surface area contributed by atoms with Crippen molar-refractivity contribution in [1.29, 1.82) is 0 Å². The predicted molar refractivity (Wildman–Crippen MR) is 123 cm³/mol. The summed E-state index contributed by atoms with van der Waals surface area (Å²) < 4.78 is 5.57. The average molecular weight is 405 g/mol. The lowest BCUT2D eigenvalue weighted by Crippen LogP contribution is -2.20. The second-order valence-corrected chi connectivity index (χ2v) is 10.5. The molecule has 1 N–H and O–H groups in total. The molecule has 1 atom stereocenters. The van der Waals surface area contributed by atoms with Crippen LogP contribution >= 0.6 is 0 Å². The first-order valence-electron chi connectivity index (χ1n) is 11.4. The zero-order chi connectivity index (χ0) is 22.2. The summed E-state index contributed by atoms with van der Waals surface area (Å²) in [7, 11) is 0. The molecule has 0 saturated carbocycles. The molecule has 1 rings (SSSR count). The van der Waals surface area contributed by atoms with Gasteiger partial charge in [0.25, 0.3) is 0 Å². The van der Waals surface area contributed by atoms with Gasteiger partial charge in [0.15, 0.2) is 0 Å². The summed E-state index contributed by atoms with van der Waals surface area (Å²) in [5.41, 5.74) is 2.27. The molecule has 0 aliphatic heterocycles. The van der Waals surface area contributed by atoms with Crippen LogP contribution in [-0.4, -0.2) is 17.7 Å². The van der Waals surface area contributed by atoms with Gasteiger partial charge >= 0.3 is 5.97 Å². The fraction of sp³-hybridized carbons (Fsp3) is 0.731. The molecule has 29 heavy (non-hydrogen) atoms. The molecule has 0 radical (unpaired) electrons. The Morgan fingerprint density at radius 2 is 1.34 bits per heavy atom. The van der Waals surface area contributed by atoms with Gasteiger partial charge in [-0.2, -0.15) is 0 Å². The van der Waals surface area contributed by atoms with Gasteiger partial charge < -0.3 is 9.84 Å². The van der Waals surface area contributed by atoms with Crippen molar-refractivity contribution in [3.05, 3.63) is 28.8 Å². The highest BCUT2D eigenvalue weighted by atomic mass is 16.5. The Morgan fingerprint density at radius 3 is 1.79 bits per heavy atom. The number of benzene rings is 1. The Labute approximate surface area is 179 Å². The van der Waals surface area contributed by atoms with Crippen molar-refractivity contribution in [2.45, 2.75) is 117 Å². The molecule has 166 valence electrons. The molecule has 0 aromatic heterocycles. The van der Waals surface area contributed by atoms with Gasteiger partial charge in [-0.15, -0.1) is 0 Å². The largest absolute Gasteiger partial charge is 0.507 e. The third-order valence-electron chi connectivity index (χ3n) is 5.59. The van der Waals surface area contributed by atoms with E-state index in [1.54, 1.807) is 0 Å². The van der Waals surface area contributed by atoms with Gasteiger partial charge in [0.2, 0.25) is 0 Å². The summed E-state index contributed by atoms with van der Waals surface area (Å²) in [6.45, 7) is 17.1. The molecule has 0 amide bonds. The number of phenolic OH excluding ortho intramolecular Hbond substituents is 1. The maximum Gasteiger partial charge on any atom is 0.313 e. The molecule has 0 heterocycles. The van der Waals surface area contributed by atoms with Gasteiger partial charge in [0, 0.05) is 0 Å². The molecule has 3 nitrogen and oxygen atoms in total. The Morgan fingerprint density at radius 1 is 0.897 bits per heavy atom. The van der Waals surface area contributed by atoms with E-state index in [1.807, 2.05) is 19.1 Å². The smallest absolute Gasteiger partial charge is 0.313 e. The average Bonchev–Trinajstić information content (AvgIpc) is 2.61. The van der Waals surface area contributed by atoms with Crippen molar-refractivity contribution in [3.8, 4) is 5.75 Å². The Kier molecular flexibility index (Phi) is 9.71. The van der Waals surface area contributed by atoms with Crippen molar-refractivity contribution in [1.82, 2.24) is 0 Å². The van der Waals surface area contributed by atoms with E-state index in [4.69, 9.17) is 4.74 Å². The fourth-order valence-corrected chi connectivity index (χ4v) is 3.54. The number of aromatic hydroxyl groups is 1. The lowest BCUT2D eigenvalue weighted by Gasteiger charge is -2.29. The number of carbonyl (C=O) groups is 1. The highest BCUT2D eigenvalue weighted by Gasteiger charge is 2.29. The van der Waals surface area contributed by atoms with Crippen LogP contribution in [0.5, 0.6) is 5.75 Å². The van der Waals surface area contributed by atoms with E-state index in [1.165, 1.54) is 32.1 Å². The first-order chi connectivity index (χ1) is 13.4. The van der Waals surface area contributed by atoms with Crippen LogP contribution in [0.25, 0.3) is 0 Å². The van der Waals surface area contributed by atoms with Crippen LogP contribution in [0, 0.1) is 0 Å². The Bertz CT molecular complexity index is 612. The quantitative estimate of drug-likeness (QED) is 0.327. The summed E-state index contributed by atoms with van der Waals surface area (Å²) in [5, 5.41) is 10.9. The zero-order valence-electron chi connectivity index (χ0n) is 20.2. The van der Waals surface area contributed by atoms with Crippen LogP contribution in [0.15, 0.2) is 12.1 Å². The first kappa shape index (κ1) is 25.5. The van der Waals surface area contributed by atoms with E-state index in [0.29, 0.717) is 12.4 Å². The number of unbranched alkanes of at least 4 members (excludes halogenated alkanes) is 6. The van der Waals surface area contributed by atoms with E-state index in [2.05, 4.69) is 48.5 Å². The van der Waals surface area contributed by atoms with Crippen LogP contribution in [0.4, 0.5) is 0 Å². The number of hydrogen-bond acceptors (Lipinski definition) is 3. The monoisotopic (exact) mass is 404 g/mol. The van der Waals surface area contributed by atoms with Gasteiger partial charge in [-0.05, 0) is 40.9 Å². The van der Waals surface area contributed by atoms with E-state index in [9.17, 15) is 9.90 Å². The summed E-state index contributed by atoms with van der Waals surface area (Å²) in [5.74, 6) is -0.180. The van der Waals surface area contributed by atoms with E-state index in [-0.39, 0.29) is 22.7 Å². The van der Waals surface area contributed by atoms with Gasteiger partial charge in [0.05, 0.1) is 12.5 Å². The van der Waals surface area contributed by atoms with Gasteiger partial charge in [-0.3, -0.25) is 4.79 Å². The number of hydrogen-bond donors (Lipinski definition) is 1. The summed E-state index contributed by atoms with van der Waals surface area (Å²) in [6.07, 6.45) is 8.42. The number of ether oxygens (including phenoxy) is 1. The maximum absolute atomic E-state index is 12.6. The number of rotatable bonds is 10. The maximum atomic E-state index is 12.6. The number of esters is 1. The van der Waals surface area contributed by atoms with Gasteiger partial charge in [-0.1, -0.05) is 99.1 Å². The molecule has 0 bridgehead atoms. The molecule has 1 aromatic carbocycles. The van der Waals surface area contributed by atoms with Gasteiger partial charge in [0.1, 0.15) is 5.75 Å². The Hall–Kier alpha value is -1.51. The topological polar surface area (TPSA) is 46.5 Å². The number of phenols is 1. The molecule has 3 heteroatoms. The molecule has 1 aromatic rings. The van der Waals surface area contributed by atoms with Crippen molar-refractivity contribution in [2.75, 3.05) is 6.61 Å². The normalized spacial score (nSPS) is 13.4. The summed E-state index contributed by atoms with van der Waals surface area (Å²) in [6, 6.07) is 3.95. The molecule has 0 aliphatic rings.